The van der Waals surface area contributed by atoms with Gasteiger partial charge in [-0.1, -0.05) is 51.1 Å². The Kier molecular flexibility index (Phi) is 10.7. The Hall–Kier alpha value is -1.32. The Labute approximate surface area is 224 Å². The molecule has 15 heteroatoms. The number of halogens is 9. The molecule has 0 heterocycles. The van der Waals surface area contributed by atoms with Crippen molar-refractivity contribution in [2.24, 2.45) is 5.92 Å². The molecule has 226 valence electrons. The van der Waals surface area contributed by atoms with Gasteiger partial charge in [0.05, 0.1) is 5.75 Å². The number of rotatable bonds is 11. The fourth-order valence-corrected chi connectivity index (χ4v) is 10.2. The van der Waals surface area contributed by atoms with E-state index in [2.05, 4.69) is 0 Å². The molecule has 1 fully saturated rings. The zero-order valence-corrected chi connectivity index (χ0v) is 23.7. The first-order valence-corrected chi connectivity index (χ1v) is 16.8. The van der Waals surface area contributed by atoms with Crippen LogP contribution in [0.1, 0.15) is 52.0 Å². The second-order valence-electron chi connectivity index (χ2n) is 9.98. The third-order valence-electron chi connectivity index (χ3n) is 7.72. The van der Waals surface area contributed by atoms with Crippen LogP contribution >= 0.6 is 0 Å². The maximum atomic E-state index is 14.4. The van der Waals surface area contributed by atoms with Crippen LogP contribution in [0.4, 0.5) is 39.5 Å². The van der Waals surface area contributed by atoms with E-state index in [9.17, 15) is 47.9 Å². The summed E-state index contributed by atoms with van der Waals surface area (Å²) in [5.41, 5.74) is -4.29. The lowest BCUT2D eigenvalue weighted by atomic mass is 9.74. The van der Waals surface area contributed by atoms with Crippen molar-refractivity contribution in [3.05, 3.63) is 35.9 Å². The molecule has 0 atom stereocenters. The maximum Gasteiger partial charge on any atom is 0.425 e. The minimum atomic E-state index is -5.84. The topological polar surface area (TPSA) is 46.6 Å². The first-order chi connectivity index (χ1) is 17.8. The molecule has 0 saturated heterocycles. The summed E-state index contributed by atoms with van der Waals surface area (Å²) < 4.78 is 158. The molecule has 2 rings (SSSR count). The van der Waals surface area contributed by atoms with Crippen molar-refractivity contribution in [3.63, 3.8) is 0 Å². The summed E-state index contributed by atoms with van der Waals surface area (Å²) in [5.74, 6) is -2.92. The summed E-state index contributed by atoms with van der Waals surface area (Å²) in [6, 6.07) is 5.97. The second kappa shape index (κ2) is 12.3. The number of sulfonamides is 1. The number of benzene rings is 1. The second-order valence-corrected chi connectivity index (χ2v) is 16.6. The van der Waals surface area contributed by atoms with Gasteiger partial charge in [0, 0.05) is 12.0 Å². The van der Waals surface area contributed by atoms with Crippen molar-refractivity contribution < 1.29 is 52.4 Å². The Morgan fingerprint density at radius 1 is 0.821 bits per heavy atom. The smallest absolute Gasteiger partial charge is 0.396 e. The number of hydrogen-bond acceptors (Lipinski definition) is 3. The molecule has 1 aliphatic rings. The van der Waals surface area contributed by atoms with Crippen LogP contribution < -0.4 is 0 Å². The zero-order chi connectivity index (χ0) is 29.9. The standard InChI is InChI=1S/C24H34F9NO3SSi/c1-4-39(5-2,6-3)37-22(23(28,29)30,24(31,32)33)19-12-14-20(15-13-19)34(17-21(25,26)27)38(35,36)16-18-10-8-7-9-11-18/h7-11,19-20H,4-6,12-17H2,1-3H3. The minimum absolute atomic E-state index is 0.0142. The number of alkyl halides is 9. The van der Waals surface area contributed by atoms with E-state index < -0.39 is 92.4 Å². The summed E-state index contributed by atoms with van der Waals surface area (Å²) in [6.45, 7) is 2.57. The highest BCUT2D eigenvalue weighted by Gasteiger charge is 2.76. The maximum absolute atomic E-state index is 14.4. The van der Waals surface area contributed by atoms with Crippen molar-refractivity contribution in [3.8, 4) is 0 Å². The van der Waals surface area contributed by atoms with Crippen LogP contribution in [-0.2, 0) is 20.2 Å². The molecule has 0 radical (unpaired) electrons. The van der Waals surface area contributed by atoms with Gasteiger partial charge in [0.2, 0.25) is 10.0 Å². The normalized spacial score (nSPS) is 20.4. The van der Waals surface area contributed by atoms with E-state index in [1.807, 2.05) is 0 Å². The van der Waals surface area contributed by atoms with Crippen LogP contribution in [-0.4, -0.2) is 57.8 Å². The molecule has 0 amide bonds. The van der Waals surface area contributed by atoms with E-state index >= 15 is 0 Å². The third-order valence-corrected chi connectivity index (χ3v) is 14.2. The highest BCUT2D eigenvalue weighted by molar-refractivity contribution is 7.88. The molecular weight excluding hydrogens is 581 g/mol. The lowest BCUT2D eigenvalue weighted by Gasteiger charge is -2.50. The lowest BCUT2D eigenvalue weighted by Crippen LogP contribution is -2.68. The molecule has 39 heavy (non-hydrogen) atoms. The van der Waals surface area contributed by atoms with Gasteiger partial charge in [-0.2, -0.15) is 43.8 Å². The van der Waals surface area contributed by atoms with Gasteiger partial charge in [0.1, 0.15) is 6.54 Å². The van der Waals surface area contributed by atoms with Gasteiger partial charge < -0.3 is 4.43 Å². The van der Waals surface area contributed by atoms with Gasteiger partial charge in [0.15, 0.2) is 8.32 Å². The Morgan fingerprint density at radius 3 is 1.67 bits per heavy atom. The first kappa shape index (κ1) is 33.9. The molecular formula is C24H34F9NO3SSi. The van der Waals surface area contributed by atoms with E-state index in [0.717, 1.165) is 0 Å². The van der Waals surface area contributed by atoms with E-state index in [0.29, 0.717) is 0 Å². The predicted octanol–water partition coefficient (Wildman–Crippen LogP) is 7.82. The third kappa shape index (κ3) is 7.70. The van der Waals surface area contributed by atoms with Crippen LogP contribution in [0.3, 0.4) is 0 Å². The molecule has 0 aromatic heterocycles. The molecule has 0 unspecified atom stereocenters. The van der Waals surface area contributed by atoms with Gasteiger partial charge >= 0.3 is 18.5 Å². The van der Waals surface area contributed by atoms with Crippen LogP contribution in [0.2, 0.25) is 18.1 Å². The van der Waals surface area contributed by atoms with Gasteiger partial charge in [-0.05, 0) is 49.4 Å². The van der Waals surface area contributed by atoms with Gasteiger partial charge in [-0.3, -0.25) is 0 Å². The van der Waals surface area contributed by atoms with E-state index in [4.69, 9.17) is 4.43 Å². The largest absolute Gasteiger partial charge is 0.425 e. The van der Waals surface area contributed by atoms with Crippen molar-refractivity contribution in [1.82, 2.24) is 4.31 Å². The van der Waals surface area contributed by atoms with Crippen molar-refractivity contribution in [1.29, 1.82) is 0 Å². The fraction of sp³-hybridized carbons (Fsp3) is 0.750. The first-order valence-electron chi connectivity index (χ1n) is 12.7. The van der Waals surface area contributed by atoms with E-state index in [-0.39, 0.29) is 28.0 Å². The van der Waals surface area contributed by atoms with Crippen LogP contribution in [0.5, 0.6) is 0 Å². The van der Waals surface area contributed by atoms with Crippen LogP contribution in [0, 0.1) is 5.92 Å². The molecule has 0 N–H and O–H groups in total. The van der Waals surface area contributed by atoms with Crippen molar-refractivity contribution in [2.75, 3.05) is 6.54 Å². The summed E-state index contributed by atoms with van der Waals surface area (Å²) in [6.07, 6.45) is -19.5. The highest BCUT2D eigenvalue weighted by atomic mass is 32.2. The fourth-order valence-electron chi connectivity index (χ4n) is 5.40. The molecule has 0 spiro atoms. The summed E-state index contributed by atoms with van der Waals surface area (Å²) in [5, 5.41) is 0. The molecule has 0 aliphatic heterocycles. The highest BCUT2D eigenvalue weighted by Crippen LogP contribution is 2.56. The molecule has 1 aromatic rings. The van der Waals surface area contributed by atoms with E-state index in [1.165, 1.54) is 45.0 Å². The monoisotopic (exact) mass is 615 g/mol. The lowest BCUT2D eigenvalue weighted by molar-refractivity contribution is -0.380. The van der Waals surface area contributed by atoms with Crippen molar-refractivity contribution >= 4 is 18.3 Å². The summed E-state index contributed by atoms with van der Waals surface area (Å²) >= 11 is 0. The Morgan fingerprint density at radius 2 is 1.28 bits per heavy atom. The molecule has 1 aromatic carbocycles. The van der Waals surface area contributed by atoms with Gasteiger partial charge in [-0.15, -0.1) is 0 Å². The zero-order valence-electron chi connectivity index (χ0n) is 21.9. The average molecular weight is 616 g/mol. The molecule has 0 bridgehead atoms. The summed E-state index contributed by atoms with van der Waals surface area (Å²) in [7, 11) is -8.11. The quantitative estimate of drug-likeness (QED) is 0.188. The Bertz CT molecular complexity index is 996. The summed E-state index contributed by atoms with van der Waals surface area (Å²) in [4.78, 5) is 0. The van der Waals surface area contributed by atoms with Crippen LogP contribution in [0.25, 0.3) is 0 Å². The molecule has 4 nitrogen and oxygen atoms in total. The minimum Gasteiger partial charge on any atom is -0.396 e. The van der Waals surface area contributed by atoms with E-state index in [1.54, 1.807) is 6.07 Å². The van der Waals surface area contributed by atoms with Crippen LogP contribution in [0.15, 0.2) is 30.3 Å². The van der Waals surface area contributed by atoms with Gasteiger partial charge in [0.25, 0.3) is 5.60 Å². The average Bonchev–Trinajstić information content (AvgIpc) is 2.82. The van der Waals surface area contributed by atoms with Gasteiger partial charge in [-0.25, -0.2) is 8.42 Å². The number of nitrogens with zero attached hydrogens (tertiary/aromatic N) is 1. The molecule has 1 aliphatic carbocycles. The number of hydrogen-bond donors (Lipinski definition) is 0. The predicted molar refractivity (Wildman–Crippen MR) is 131 cm³/mol. The van der Waals surface area contributed by atoms with Crippen molar-refractivity contribution in [2.45, 2.75) is 101 Å². The Balaban J connectivity index is 2.45. The molecule has 1 saturated carbocycles. The SMILES string of the molecule is CC[Si](CC)(CC)OC(C1CCC(N(CC(F)(F)F)S(=O)(=O)Cc2ccccc2)CC1)(C(F)(F)F)C(F)(F)F.